The molecule has 3 nitrogen and oxygen atoms in total. The molecular weight excluding hydrogens is 236 g/mol. The highest BCUT2D eigenvalue weighted by atomic mass is 16.4. The van der Waals surface area contributed by atoms with Gasteiger partial charge in [-0.3, -0.25) is 0 Å². The first kappa shape index (κ1) is 13.8. The molecule has 1 aromatic heterocycles. The van der Waals surface area contributed by atoms with E-state index in [1.54, 1.807) is 0 Å². The van der Waals surface area contributed by atoms with Crippen LogP contribution in [-0.2, 0) is 12.8 Å². The van der Waals surface area contributed by atoms with Crippen molar-refractivity contribution in [3.63, 3.8) is 0 Å². The Morgan fingerprint density at radius 1 is 1.21 bits per heavy atom. The molecule has 1 N–H and O–H groups in total. The molecule has 1 unspecified atom stereocenters. The minimum Gasteiger partial charge on any atom is -0.444 e. The molecule has 2 aromatic rings. The van der Waals surface area contributed by atoms with Crippen LogP contribution in [0.15, 0.2) is 34.9 Å². The number of aryl methyl sites for hydroxylation is 3. The molecule has 0 aliphatic carbocycles. The van der Waals surface area contributed by atoms with Gasteiger partial charge in [-0.05, 0) is 32.4 Å². The fraction of sp³-hybridized carbons (Fsp3) is 0.438. The Morgan fingerprint density at radius 2 is 1.95 bits per heavy atom. The third-order valence-electron chi connectivity index (χ3n) is 3.23. The molecule has 0 saturated carbocycles. The first-order valence-electron chi connectivity index (χ1n) is 6.92. The SMILES string of the molecule is CCNC(C)c1ncc(CCc2ccc(C)cc2)o1. The predicted molar refractivity (Wildman–Crippen MR) is 77.2 cm³/mol. The molecule has 0 aliphatic rings. The quantitative estimate of drug-likeness (QED) is 0.862. The predicted octanol–water partition coefficient (Wildman–Crippen LogP) is 3.44. The maximum absolute atomic E-state index is 5.77. The molecule has 0 spiro atoms. The third kappa shape index (κ3) is 3.93. The summed E-state index contributed by atoms with van der Waals surface area (Å²) in [6.45, 7) is 7.17. The average Bonchev–Trinajstić information content (AvgIpc) is 2.87. The van der Waals surface area contributed by atoms with Gasteiger partial charge in [0.05, 0.1) is 12.2 Å². The van der Waals surface area contributed by atoms with Gasteiger partial charge in [0, 0.05) is 6.42 Å². The van der Waals surface area contributed by atoms with Crippen molar-refractivity contribution in [3.8, 4) is 0 Å². The molecule has 0 amide bonds. The Bertz CT molecular complexity index is 502. The zero-order valence-corrected chi connectivity index (χ0v) is 11.9. The molecule has 0 radical (unpaired) electrons. The van der Waals surface area contributed by atoms with Crippen molar-refractivity contribution in [2.45, 2.75) is 39.7 Å². The molecule has 0 fully saturated rings. The van der Waals surface area contributed by atoms with E-state index < -0.39 is 0 Å². The molecule has 0 bridgehead atoms. The monoisotopic (exact) mass is 258 g/mol. The Balaban J connectivity index is 1.91. The van der Waals surface area contributed by atoms with Crippen molar-refractivity contribution in [1.29, 1.82) is 0 Å². The first-order valence-corrected chi connectivity index (χ1v) is 6.92. The summed E-state index contributed by atoms with van der Waals surface area (Å²) in [7, 11) is 0. The number of aromatic nitrogens is 1. The summed E-state index contributed by atoms with van der Waals surface area (Å²) in [4.78, 5) is 4.33. The Kier molecular flexibility index (Phi) is 4.74. The second kappa shape index (κ2) is 6.53. The number of oxazole rings is 1. The zero-order valence-electron chi connectivity index (χ0n) is 11.9. The maximum atomic E-state index is 5.77. The van der Waals surface area contributed by atoms with Gasteiger partial charge in [0.2, 0.25) is 5.89 Å². The average molecular weight is 258 g/mol. The van der Waals surface area contributed by atoms with Gasteiger partial charge >= 0.3 is 0 Å². The maximum Gasteiger partial charge on any atom is 0.211 e. The molecule has 1 atom stereocenters. The number of hydrogen-bond acceptors (Lipinski definition) is 3. The summed E-state index contributed by atoms with van der Waals surface area (Å²) in [6, 6.07) is 8.82. The van der Waals surface area contributed by atoms with Gasteiger partial charge in [-0.15, -0.1) is 0 Å². The van der Waals surface area contributed by atoms with Gasteiger partial charge in [0.15, 0.2) is 0 Å². The second-order valence-corrected chi connectivity index (χ2v) is 4.93. The van der Waals surface area contributed by atoms with E-state index in [4.69, 9.17) is 4.42 Å². The Labute approximate surface area is 115 Å². The third-order valence-corrected chi connectivity index (χ3v) is 3.23. The number of nitrogens with zero attached hydrogens (tertiary/aromatic N) is 1. The van der Waals surface area contributed by atoms with Gasteiger partial charge in [-0.2, -0.15) is 0 Å². The summed E-state index contributed by atoms with van der Waals surface area (Å²) in [5.41, 5.74) is 2.63. The number of rotatable bonds is 6. The van der Waals surface area contributed by atoms with E-state index in [1.165, 1.54) is 11.1 Å². The van der Waals surface area contributed by atoms with Crippen LogP contribution in [0.1, 0.15) is 42.7 Å². The van der Waals surface area contributed by atoms with Gasteiger partial charge in [0.25, 0.3) is 0 Å². The molecule has 0 saturated heterocycles. The second-order valence-electron chi connectivity index (χ2n) is 4.93. The molecule has 1 aromatic carbocycles. The molecular formula is C16H22N2O. The normalized spacial score (nSPS) is 12.6. The fourth-order valence-corrected chi connectivity index (χ4v) is 2.05. The zero-order chi connectivity index (χ0) is 13.7. The molecule has 0 aliphatic heterocycles. The summed E-state index contributed by atoms with van der Waals surface area (Å²) in [5.74, 6) is 1.74. The van der Waals surface area contributed by atoms with Crippen molar-refractivity contribution in [1.82, 2.24) is 10.3 Å². The minimum absolute atomic E-state index is 0.179. The number of nitrogens with one attached hydrogen (secondary N) is 1. The van der Waals surface area contributed by atoms with Crippen LogP contribution in [0, 0.1) is 6.92 Å². The van der Waals surface area contributed by atoms with Crippen LogP contribution < -0.4 is 5.32 Å². The molecule has 19 heavy (non-hydrogen) atoms. The number of hydrogen-bond donors (Lipinski definition) is 1. The van der Waals surface area contributed by atoms with E-state index in [0.29, 0.717) is 0 Å². The van der Waals surface area contributed by atoms with Crippen molar-refractivity contribution >= 4 is 0 Å². The lowest BCUT2D eigenvalue weighted by atomic mass is 10.1. The summed E-state index contributed by atoms with van der Waals surface area (Å²) in [5, 5.41) is 3.30. The molecule has 102 valence electrons. The molecule has 2 rings (SSSR count). The van der Waals surface area contributed by atoms with Crippen molar-refractivity contribution in [2.75, 3.05) is 6.54 Å². The molecule has 1 heterocycles. The van der Waals surface area contributed by atoms with Gasteiger partial charge in [-0.1, -0.05) is 36.8 Å². The van der Waals surface area contributed by atoms with Crippen LogP contribution in [0.2, 0.25) is 0 Å². The van der Waals surface area contributed by atoms with Crippen LogP contribution in [-0.4, -0.2) is 11.5 Å². The van der Waals surface area contributed by atoms with Crippen molar-refractivity contribution < 1.29 is 4.42 Å². The number of benzene rings is 1. The van der Waals surface area contributed by atoms with E-state index in [2.05, 4.69) is 55.3 Å². The Hall–Kier alpha value is -1.61. The van der Waals surface area contributed by atoms with Crippen molar-refractivity contribution in [3.05, 3.63) is 53.2 Å². The largest absolute Gasteiger partial charge is 0.444 e. The van der Waals surface area contributed by atoms with Crippen LogP contribution in [0.5, 0.6) is 0 Å². The molecule has 3 heteroatoms. The smallest absolute Gasteiger partial charge is 0.211 e. The van der Waals surface area contributed by atoms with E-state index >= 15 is 0 Å². The van der Waals surface area contributed by atoms with Gasteiger partial charge in [-0.25, -0.2) is 4.98 Å². The standard InChI is InChI=1S/C16H22N2O/c1-4-17-13(3)16-18-11-15(19-16)10-9-14-7-5-12(2)6-8-14/h5-8,11,13,17H,4,9-10H2,1-3H3. The lowest BCUT2D eigenvalue weighted by Gasteiger charge is -2.06. The highest BCUT2D eigenvalue weighted by Crippen LogP contribution is 2.14. The lowest BCUT2D eigenvalue weighted by molar-refractivity contribution is 0.398. The highest BCUT2D eigenvalue weighted by Gasteiger charge is 2.10. The summed E-state index contributed by atoms with van der Waals surface area (Å²) >= 11 is 0. The van der Waals surface area contributed by atoms with E-state index in [-0.39, 0.29) is 6.04 Å². The summed E-state index contributed by atoms with van der Waals surface area (Å²) in [6.07, 6.45) is 3.73. The van der Waals surface area contributed by atoms with Crippen LogP contribution in [0.25, 0.3) is 0 Å². The summed E-state index contributed by atoms with van der Waals surface area (Å²) < 4.78 is 5.77. The van der Waals surface area contributed by atoms with Gasteiger partial charge in [0.1, 0.15) is 5.76 Å². The van der Waals surface area contributed by atoms with Gasteiger partial charge < -0.3 is 9.73 Å². The Morgan fingerprint density at radius 3 is 2.63 bits per heavy atom. The topological polar surface area (TPSA) is 38.1 Å². The van der Waals surface area contributed by atoms with Crippen LogP contribution in [0.3, 0.4) is 0 Å². The minimum atomic E-state index is 0.179. The highest BCUT2D eigenvalue weighted by molar-refractivity contribution is 5.21. The van der Waals surface area contributed by atoms with Crippen LogP contribution >= 0.6 is 0 Å². The van der Waals surface area contributed by atoms with E-state index in [1.807, 2.05) is 6.20 Å². The fourth-order valence-electron chi connectivity index (χ4n) is 2.05. The van der Waals surface area contributed by atoms with Crippen LogP contribution in [0.4, 0.5) is 0 Å². The lowest BCUT2D eigenvalue weighted by Crippen LogP contribution is -2.17. The van der Waals surface area contributed by atoms with E-state index in [0.717, 1.165) is 31.0 Å². The first-order chi connectivity index (χ1) is 9.19. The van der Waals surface area contributed by atoms with E-state index in [9.17, 15) is 0 Å². The van der Waals surface area contributed by atoms with Crippen molar-refractivity contribution in [2.24, 2.45) is 0 Å².